The smallest absolute Gasteiger partial charge is 0.123 e. The van der Waals surface area contributed by atoms with Gasteiger partial charge in [-0.1, -0.05) is 30.3 Å². The van der Waals surface area contributed by atoms with Crippen molar-refractivity contribution >= 4 is 48.7 Å². The van der Waals surface area contributed by atoms with Gasteiger partial charge in [0.25, 0.3) is 0 Å². The summed E-state index contributed by atoms with van der Waals surface area (Å²) >= 11 is 7.32. The molecular weight excluding hydrogens is 391 g/mol. The number of halogens is 2. The topological polar surface area (TPSA) is 0 Å². The molecule has 0 radical (unpaired) electrons. The van der Waals surface area contributed by atoms with Gasteiger partial charge in [0.05, 0.1) is 4.88 Å². The van der Waals surface area contributed by atoms with E-state index >= 15 is 0 Å². The van der Waals surface area contributed by atoms with Crippen LogP contribution in [-0.4, -0.2) is 0 Å². The van der Waals surface area contributed by atoms with E-state index in [-0.39, 0.29) is 5.82 Å². The van der Waals surface area contributed by atoms with E-state index in [1.807, 2.05) is 12.1 Å². The molecule has 2 aromatic carbocycles. The fourth-order valence-corrected chi connectivity index (χ4v) is 5.85. The van der Waals surface area contributed by atoms with Crippen molar-refractivity contribution in [3.8, 4) is 20.9 Å². The van der Waals surface area contributed by atoms with E-state index in [0.29, 0.717) is 0 Å². The zero-order chi connectivity index (χ0) is 16.0. The van der Waals surface area contributed by atoms with Crippen LogP contribution in [0.5, 0.6) is 0 Å². The Morgan fingerprint density at radius 1 is 0.957 bits per heavy atom. The summed E-state index contributed by atoms with van der Waals surface area (Å²) in [5, 5.41) is 1.25. The molecule has 0 aliphatic heterocycles. The lowest BCUT2D eigenvalue weighted by Gasteiger charge is -1.97. The van der Waals surface area contributed by atoms with Crippen molar-refractivity contribution < 1.29 is 4.39 Å². The SMILES string of the molecule is Cc1sc(-c2ccc(F)cc2)cc1-c1sc2ccccc2c1Br. The third kappa shape index (κ3) is 2.65. The minimum absolute atomic E-state index is 0.200. The van der Waals surface area contributed by atoms with Crippen molar-refractivity contribution in [2.75, 3.05) is 0 Å². The molecule has 2 heterocycles. The van der Waals surface area contributed by atoms with Crippen molar-refractivity contribution in [3.63, 3.8) is 0 Å². The van der Waals surface area contributed by atoms with Gasteiger partial charge >= 0.3 is 0 Å². The fourth-order valence-electron chi connectivity index (χ4n) is 2.65. The Morgan fingerprint density at radius 3 is 2.43 bits per heavy atom. The normalized spacial score (nSPS) is 11.3. The number of aryl methyl sites for hydroxylation is 1. The predicted molar refractivity (Wildman–Crippen MR) is 103 cm³/mol. The lowest BCUT2D eigenvalue weighted by molar-refractivity contribution is 0.628. The molecule has 0 nitrogen and oxygen atoms in total. The van der Waals surface area contributed by atoms with E-state index in [9.17, 15) is 4.39 Å². The molecule has 4 aromatic rings. The second-order valence-corrected chi connectivity index (χ2v) is 8.43. The van der Waals surface area contributed by atoms with Gasteiger partial charge in [0, 0.05) is 29.9 Å². The van der Waals surface area contributed by atoms with E-state index in [0.717, 1.165) is 10.0 Å². The average Bonchev–Trinajstić information content (AvgIpc) is 3.09. The summed E-state index contributed by atoms with van der Waals surface area (Å²) in [6, 6.07) is 17.3. The van der Waals surface area contributed by atoms with E-state index in [1.165, 1.54) is 42.4 Å². The van der Waals surface area contributed by atoms with Gasteiger partial charge in [-0.3, -0.25) is 0 Å². The molecule has 4 heteroatoms. The number of rotatable bonds is 2. The summed E-state index contributed by atoms with van der Waals surface area (Å²) in [7, 11) is 0. The minimum atomic E-state index is -0.200. The van der Waals surface area contributed by atoms with Gasteiger partial charge in [0.15, 0.2) is 0 Å². The Labute approximate surface area is 150 Å². The van der Waals surface area contributed by atoms with Crippen molar-refractivity contribution in [2.24, 2.45) is 0 Å². The zero-order valence-electron chi connectivity index (χ0n) is 12.3. The second-order valence-electron chi connectivity index (χ2n) is 5.33. The molecule has 0 aliphatic rings. The maximum atomic E-state index is 13.1. The van der Waals surface area contributed by atoms with E-state index < -0.39 is 0 Å². The number of hydrogen-bond donors (Lipinski definition) is 0. The summed E-state index contributed by atoms with van der Waals surface area (Å²) in [5.74, 6) is -0.200. The molecule has 0 amide bonds. The van der Waals surface area contributed by atoms with Gasteiger partial charge in [-0.25, -0.2) is 4.39 Å². The predicted octanol–water partition coefficient (Wildman–Crippen LogP) is 7.51. The van der Waals surface area contributed by atoms with Crippen molar-refractivity contribution in [2.45, 2.75) is 6.92 Å². The molecule has 0 fully saturated rings. The standard InChI is InChI=1S/C19H12BrFS2/c1-11-15(10-17(22-11)12-6-8-13(21)9-7-12)19-18(20)14-4-2-3-5-16(14)23-19/h2-10H,1H3. The first-order valence-electron chi connectivity index (χ1n) is 7.17. The largest absolute Gasteiger partial charge is 0.207 e. The molecule has 23 heavy (non-hydrogen) atoms. The van der Waals surface area contributed by atoms with Crippen LogP contribution in [-0.2, 0) is 0 Å². The van der Waals surface area contributed by atoms with Crippen LogP contribution in [0, 0.1) is 12.7 Å². The summed E-state index contributed by atoms with van der Waals surface area (Å²) in [5.41, 5.74) is 2.31. The van der Waals surface area contributed by atoms with Crippen LogP contribution in [0.1, 0.15) is 4.88 Å². The van der Waals surface area contributed by atoms with Crippen molar-refractivity contribution in [3.05, 3.63) is 69.8 Å². The number of hydrogen-bond acceptors (Lipinski definition) is 2. The number of benzene rings is 2. The van der Waals surface area contributed by atoms with E-state index in [2.05, 4.69) is 53.2 Å². The third-order valence-corrected chi connectivity index (χ3v) is 7.22. The molecular formula is C19H12BrFS2. The highest BCUT2D eigenvalue weighted by atomic mass is 79.9. The first kappa shape index (κ1) is 15.1. The Morgan fingerprint density at radius 2 is 1.70 bits per heavy atom. The molecule has 4 rings (SSSR count). The van der Waals surface area contributed by atoms with E-state index in [1.54, 1.807) is 22.7 Å². The maximum Gasteiger partial charge on any atom is 0.123 e. The summed E-state index contributed by atoms with van der Waals surface area (Å²) in [4.78, 5) is 3.70. The lowest BCUT2D eigenvalue weighted by Crippen LogP contribution is -1.74. The molecule has 0 aliphatic carbocycles. The molecule has 0 saturated carbocycles. The monoisotopic (exact) mass is 402 g/mol. The molecule has 0 atom stereocenters. The second kappa shape index (κ2) is 5.86. The molecule has 0 unspecified atom stereocenters. The van der Waals surface area contributed by atoms with Crippen LogP contribution in [0.3, 0.4) is 0 Å². The zero-order valence-corrected chi connectivity index (χ0v) is 15.5. The van der Waals surface area contributed by atoms with Crippen LogP contribution in [0.15, 0.2) is 59.1 Å². The Balaban J connectivity index is 1.85. The highest BCUT2D eigenvalue weighted by molar-refractivity contribution is 9.10. The van der Waals surface area contributed by atoms with Gasteiger partial charge < -0.3 is 0 Å². The Kier molecular flexibility index (Phi) is 3.84. The summed E-state index contributed by atoms with van der Waals surface area (Å²) in [6.45, 7) is 2.14. The lowest BCUT2D eigenvalue weighted by atomic mass is 10.1. The maximum absolute atomic E-state index is 13.1. The van der Waals surface area contributed by atoms with Crippen LogP contribution >= 0.6 is 38.6 Å². The van der Waals surface area contributed by atoms with E-state index in [4.69, 9.17) is 0 Å². The van der Waals surface area contributed by atoms with Crippen LogP contribution < -0.4 is 0 Å². The molecule has 114 valence electrons. The highest BCUT2D eigenvalue weighted by Gasteiger charge is 2.16. The first-order valence-corrected chi connectivity index (χ1v) is 9.60. The van der Waals surface area contributed by atoms with Gasteiger partial charge in [0.2, 0.25) is 0 Å². The first-order chi connectivity index (χ1) is 11.1. The van der Waals surface area contributed by atoms with Crippen LogP contribution in [0.2, 0.25) is 0 Å². The van der Waals surface area contributed by atoms with Crippen LogP contribution in [0.25, 0.3) is 31.0 Å². The quantitative estimate of drug-likeness (QED) is 0.325. The van der Waals surface area contributed by atoms with Gasteiger partial charge in [-0.2, -0.15) is 0 Å². The molecule has 0 saturated heterocycles. The molecule has 0 N–H and O–H groups in total. The molecule has 0 spiro atoms. The number of thiophene rings is 2. The summed E-state index contributed by atoms with van der Waals surface area (Å²) in [6.07, 6.45) is 0. The fraction of sp³-hybridized carbons (Fsp3) is 0.0526. The van der Waals surface area contributed by atoms with Crippen molar-refractivity contribution in [1.29, 1.82) is 0 Å². The Hall–Kier alpha value is -1.49. The van der Waals surface area contributed by atoms with Gasteiger partial charge in [0.1, 0.15) is 5.82 Å². The molecule has 2 aromatic heterocycles. The summed E-state index contributed by atoms with van der Waals surface area (Å²) < 4.78 is 15.6. The van der Waals surface area contributed by atoms with Crippen molar-refractivity contribution in [1.82, 2.24) is 0 Å². The van der Waals surface area contributed by atoms with Crippen LogP contribution in [0.4, 0.5) is 4.39 Å². The average molecular weight is 403 g/mol. The van der Waals surface area contributed by atoms with Gasteiger partial charge in [-0.05, 0) is 52.7 Å². The minimum Gasteiger partial charge on any atom is -0.207 e. The number of fused-ring (bicyclic) bond motifs is 1. The Bertz CT molecular complexity index is 996. The highest BCUT2D eigenvalue weighted by Crippen LogP contribution is 2.46. The van der Waals surface area contributed by atoms with Gasteiger partial charge in [-0.15, -0.1) is 22.7 Å². The molecule has 0 bridgehead atoms. The third-order valence-electron chi connectivity index (χ3n) is 3.83.